The maximum Gasteiger partial charge on any atom is 0.331 e. The first-order valence-corrected chi connectivity index (χ1v) is 9.88. The summed E-state index contributed by atoms with van der Waals surface area (Å²) < 4.78 is 21.6. The molecule has 158 valence electrons. The Labute approximate surface area is 179 Å². The van der Waals surface area contributed by atoms with Gasteiger partial charge in [-0.2, -0.15) is 0 Å². The second kappa shape index (κ2) is 11.1. The number of amides is 1. The van der Waals surface area contributed by atoms with Crippen molar-refractivity contribution in [3.8, 4) is 17.2 Å². The van der Waals surface area contributed by atoms with E-state index in [9.17, 15) is 9.59 Å². The van der Waals surface area contributed by atoms with Gasteiger partial charge >= 0.3 is 5.97 Å². The Hall–Kier alpha value is -3.19. The van der Waals surface area contributed by atoms with Gasteiger partial charge in [-0.25, -0.2) is 4.79 Å². The standard InChI is InChI=1S/C22H22ClNO6/c23-18-13-16(14-19-22(18)29-11-4-10-28-19)7-8-21(26)30-15-20(25)24-9-12-27-17-5-2-1-3-6-17/h1-3,5-8,13-14H,4,9-12,15H2,(H,24,25)/b8-7+. The first-order chi connectivity index (χ1) is 14.6. The fraction of sp³-hybridized carbons (Fsp3) is 0.273. The van der Waals surface area contributed by atoms with Crippen LogP contribution in [0.1, 0.15) is 12.0 Å². The Kier molecular flexibility index (Phi) is 7.97. The summed E-state index contributed by atoms with van der Waals surface area (Å²) in [5.74, 6) is 0.700. The summed E-state index contributed by atoms with van der Waals surface area (Å²) >= 11 is 6.22. The highest BCUT2D eigenvalue weighted by atomic mass is 35.5. The molecule has 2 aromatic rings. The molecular weight excluding hydrogens is 410 g/mol. The minimum absolute atomic E-state index is 0.302. The van der Waals surface area contributed by atoms with Crippen molar-refractivity contribution in [3.63, 3.8) is 0 Å². The number of para-hydroxylation sites is 1. The van der Waals surface area contributed by atoms with Crippen LogP contribution in [0.3, 0.4) is 0 Å². The quantitative estimate of drug-likeness (QED) is 0.392. The van der Waals surface area contributed by atoms with Gasteiger partial charge in [0.05, 0.1) is 24.8 Å². The van der Waals surface area contributed by atoms with Crippen molar-refractivity contribution in [2.24, 2.45) is 0 Å². The lowest BCUT2D eigenvalue weighted by molar-refractivity contribution is -0.143. The number of hydrogen-bond acceptors (Lipinski definition) is 6. The van der Waals surface area contributed by atoms with E-state index in [2.05, 4.69) is 5.32 Å². The Balaban J connectivity index is 1.40. The molecule has 0 radical (unpaired) electrons. The number of hydrogen-bond donors (Lipinski definition) is 1. The number of rotatable bonds is 8. The number of esters is 1. The van der Waals surface area contributed by atoms with Crippen molar-refractivity contribution in [1.82, 2.24) is 5.32 Å². The van der Waals surface area contributed by atoms with Crippen molar-refractivity contribution < 1.29 is 28.5 Å². The van der Waals surface area contributed by atoms with Crippen molar-refractivity contribution in [3.05, 3.63) is 59.1 Å². The van der Waals surface area contributed by atoms with E-state index >= 15 is 0 Å². The molecule has 0 atom stereocenters. The van der Waals surface area contributed by atoms with E-state index < -0.39 is 11.9 Å². The van der Waals surface area contributed by atoms with Gasteiger partial charge in [0.1, 0.15) is 12.4 Å². The minimum atomic E-state index is -0.645. The van der Waals surface area contributed by atoms with E-state index in [1.54, 1.807) is 12.1 Å². The van der Waals surface area contributed by atoms with Gasteiger partial charge < -0.3 is 24.3 Å². The molecule has 0 aromatic heterocycles. The lowest BCUT2D eigenvalue weighted by atomic mass is 10.2. The molecule has 0 saturated carbocycles. The predicted octanol–water partition coefficient (Wildman–Crippen LogP) is 3.25. The van der Waals surface area contributed by atoms with Gasteiger partial charge in [0.15, 0.2) is 18.1 Å². The fourth-order valence-corrected chi connectivity index (χ4v) is 2.90. The molecule has 1 amide bonds. The lowest BCUT2D eigenvalue weighted by Gasteiger charge is -2.10. The van der Waals surface area contributed by atoms with Gasteiger partial charge in [-0.1, -0.05) is 29.8 Å². The number of ether oxygens (including phenoxy) is 4. The van der Waals surface area contributed by atoms with Crippen LogP contribution in [0.4, 0.5) is 0 Å². The summed E-state index contributed by atoms with van der Waals surface area (Å²) in [5.41, 5.74) is 0.656. The molecule has 0 unspecified atom stereocenters. The third-order valence-corrected chi connectivity index (χ3v) is 4.30. The first kappa shape index (κ1) is 21.5. The number of carbonyl (C=O) groups is 2. The molecular formula is C22H22ClNO6. The Morgan fingerprint density at radius 1 is 1.13 bits per heavy atom. The van der Waals surface area contributed by atoms with E-state index in [1.807, 2.05) is 30.3 Å². The molecule has 3 rings (SSSR count). The predicted molar refractivity (Wildman–Crippen MR) is 112 cm³/mol. The number of nitrogens with one attached hydrogen (secondary N) is 1. The van der Waals surface area contributed by atoms with Gasteiger partial charge in [-0.05, 0) is 35.9 Å². The molecule has 0 spiro atoms. The molecule has 1 aliphatic rings. The molecule has 2 aromatic carbocycles. The third kappa shape index (κ3) is 6.70. The molecule has 1 N–H and O–H groups in total. The largest absolute Gasteiger partial charge is 0.492 e. The van der Waals surface area contributed by atoms with Crippen LogP contribution in [-0.2, 0) is 14.3 Å². The number of benzene rings is 2. The summed E-state index contributed by atoms with van der Waals surface area (Å²) in [6, 6.07) is 12.7. The van der Waals surface area contributed by atoms with Gasteiger partial charge in [0.2, 0.25) is 0 Å². The maximum absolute atomic E-state index is 11.9. The van der Waals surface area contributed by atoms with Gasteiger partial charge in [-0.15, -0.1) is 0 Å². The molecule has 8 heteroatoms. The van der Waals surface area contributed by atoms with E-state index in [4.69, 9.17) is 30.5 Å². The molecule has 1 heterocycles. The van der Waals surface area contributed by atoms with Gasteiger partial charge in [0, 0.05) is 12.5 Å². The topological polar surface area (TPSA) is 83.1 Å². The lowest BCUT2D eigenvalue weighted by Crippen LogP contribution is -2.31. The van der Waals surface area contributed by atoms with Crippen molar-refractivity contribution >= 4 is 29.6 Å². The third-order valence-electron chi connectivity index (χ3n) is 4.02. The van der Waals surface area contributed by atoms with Crippen LogP contribution in [0.2, 0.25) is 5.02 Å². The average molecular weight is 432 g/mol. The molecule has 1 aliphatic heterocycles. The SMILES string of the molecule is O=C(COC(=O)/C=C/c1cc(Cl)c2c(c1)OCCCO2)NCCOc1ccccc1. The summed E-state index contributed by atoms with van der Waals surface area (Å²) in [5, 5.41) is 3.02. The van der Waals surface area contributed by atoms with Crippen LogP contribution < -0.4 is 19.5 Å². The first-order valence-electron chi connectivity index (χ1n) is 9.50. The number of halogens is 1. The van der Waals surface area contributed by atoms with E-state index in [0.29, 0.717) is 48.5 Å². The molecule has 0 aliphatic carbocycles. The second-order valence-electron chi connectivity index (χ2n) is 6.33. The van der Waals surface area contributed by atoms with Crippen LogP contribution in [0, 0.1) is 0 Å². The summed E-state index contributed by atoms with van der Waals surface area (Å²) in [6.07, 6.45) is 3.53. The molecule has 0 bridgehead atoms. The monoisotopic (exact) mass is 431 g/mol. The van der Waals surface area contributed by atoms with Crippen LogP contribution in [-0.4, -0.2) is 44.8 Å². The molecule has 30 heavy (non-hydrogen) atoms. The highest BCUT2D eigenvalue weighted by Crippen LogP contribution is 2.38. The van der Waals surface area contributed by atoms with E-state index in [0.717, 1.165) is 12.2 Å². The Morgan fingerprint density at radius 3 is 2.77 bits per heavy atom. The zero-order valence-corrected chi connectivity index (χ0v) is 17.0. The van der Waals surface area contributed by atoms with Crippen LogP contribution in [0.5, 0.6) is 17.2 Å². The number of fused-ring (bicyclic) bond motifs is 1. The fourth-order valence-electron chi connectivity index (χ4n) is 2.62. The smallest absolute Gasteiger partial charge is 0.331 e. The molecule has 0 fully saturated rings. The van der Waals surface area contributed by atoms with Gasteiger partial charge in [0.25, 0.3) is 5.91 Å². The maximum atomic E-state index is 11.9. The highest BCUT2D eigenvalue weighted by molar-refractivity contribution is 6.32. The van der Waals surface area contributed by atoms with E-state index in [-0.39, 0.29) is 6.61 Å². The summed E-state index contributed by atoms with van der Waals surface area (Å²) in [4.78, 5) is 23.6. The molecule has 0 saturated heterocycles. The van der Waals surface area contributed by atoms with E-state index in [1.165, 1.54) is 12.2 Å². The second-order valence-corrected chi connectivity index (χ2v) is 6.74. The number of carbonyl (C=O) groups excluding carboxylic acids is 2. The van der Waals surface area contributed by atoms with Crippen molar-refractivity contribution in [2.45, 2.75) is 6.42 Å². The van der Waals surface area contributed by atoms with Crippen molar-refractivity contribution in [1.29, 1.82) is 0 Å². The average Bonchev–Trinajstić information content (AvgIpc) is 3.00. The summed E-state index contributed by atoms with van der Waals surface area (Å²) in [6.45, 7) is 1.31. The van der Waals surface area contributed by atoms with Crippen molar-refractivity contribution in [2.75, 3.05) is 33.0 Å². The van der Waals surface area contributed by atoms with Gasteiger partial charge in [-0.3, -0.25) is 4.79 Å². The zero-order chi connectivity index (χ0) is 21.2. The highest BCUT2D eigenvalue weighted by Gasteiger charge is 2.15. The minimum Gasteiger partial charge on any atom is -0.492 e. The Morgan fingerprint density at radius 2 is 1.93 bits per heavy atom. The van der Waals surface area contributed by atoms with Crippen LogP contribution >= 0.6 is 11.6 Å². The molecule has 7 nitrogen and oxygen atoms in total. The zero-order valence-electron chi connectivity index (χ0n) is 16.3. The van der Waals surface area contributed by atoms with Crippen LogP contribution in [0.25, 0.3) is 6.08 Å². The van der Waals surface area contributed by atoms with Crippen LogP contribution in [0.15, 0.2) is 48.5 Å². The normalized spacial score (nSPS) is 12.8. The Bertz CT molecular complexity index is 900. The summed E-state index contributed by atoms with van der Waals surface area (Å²) in [7, 11) is 0.